The number of thiazole rings is 1. The lowest BCUT2D eigenvalue weighted by Gasteiger charge is -2.38. The van der Waals surface area contributed by atoms with Crippen molar-refractivity contribution < 1.29 is 18.7 Å². The molecule has 1 fully saturated rings. The van der Waals surface area contributed by atoms with Crippen molar-refractivity contribution in [3.8, 4) is 5.88 Å². The summed E-state index contributed by atoms with van der Waals surface area (Å²) in [6, 6.07) is 9.32. The van der Waals surface area contributed by atoms with Crippen LogP contribution < -0.4 is 0 Å². The van der Waals surface area contributed by atoms with Gasteiger partial charge in [-0.3, -0.25) is 9.69 Å². The van der Waals surface area contributed by atoms with E-state index < -0.39 is 0 Å². The number of amides is 1. The number of fused-ring (bicyclic) bond motifs is 1. The smallest absolute Gasteiger partial charge is 0.289 e. The molecule has 1 aliphatic heterocycles. The van der Waals surface area contributed by atoms with Gasteiger partial charge in [0.25, 0.3) is 5.91 Å². The van der Waals surface area contributed by atoms with E-state index in [1.54, 1.807) is 36.1 Å². The van der Waals surface area contributed by atoms with Crippen molar-refractivity contribution >= 4 is 22.2 Å². The van der Waals surface area contributed by atoms with E-state index in [1.807, 2.05) is 0 Å². The molecule has 4 aromatic rings. The van der Waals surface area contributed by atoms with Gasteiger partial charge in [0.15, 0.2) is 5.76 Å². The van der Waals surface area contributed by atoms with Gasteiger partial charge in [-0.1, -0.05) is 23.5 Å². The van der Waals surface area contributed by atoms with Gasteiger partial charge in [-0.25, -0.2) is 9.37 Å². The third-order valence-electron chi connectivity index (χ3n) is 5.44. The molecule has 1 aliphatic rings. The van der Waals surface area contributed by atoms with Crippen LogP contribution in [0.25, 0.3) is 4.96 Å². The molecule has 1 amide bonds. The normalized spacial score (nSPS) is 16.1. The van der Waals surface area contributed by atoms with E-state index in [0.717, 1.165) is 5.56 Å². The molecule has 1 aromatic carbocycles. The van der Waals surface area contributed by atoms with Gasteiger partial charge < -0.3 is 14.4 Å². The van der Waals surface area contributed by atoms with E-state index in [-0.39, 0.29) is 23.6 Å². The summed E-state index contributed by atoms with van der Waals surface area (Å²) in [7, 11) is 0. The number of aryl methyl sites for hydroxylation is 1. The van der Waals surface area contributed by atoms with Gasteiger partial charge in [-0.05, 0) is 36.8 Å². The summed E-state index contributed by atoms with van der Waals surface area (Å²) < 4.78 is 20.2. The van der Waals surface area contributed by atoms with Crippen molar-refractivity contribution in [2.45, 2.75) is 13.0 Å². The molecule has 1 atom stereocenters. The number of rotatable bonds is 4. The van der Waals surface area contributed by atoms with Crippen LogP contribution in [0.1, 0.15) is 32.9 Å². The molecule has 0 spiro atoms. The quantitative estimate of drug-likeness (QED) is 0.524. The van der Waals surface area contributed by atoms with Crippen LogP contribution in [-0.2, 0) is 0 Å². The first-order chi connectivity index (χ1) is 15.0. The number of aromatic hydroxyl groups is 1. The van der Waals surface area contributed by atoms with E-state index in [1.165, 1.54) is 34.2 Å². The highest BCUT2D eigenvalue weighted by Crippen LogP contribution is 2.40. The average molecular weight is 441 g/mol. The summed E-state index contributed by atoms with van der Waals surface area (Å²) in [6.45, 7) is 3.96. The molecular formula is C21H20FN5O3S. The van der Waals surface area contributed by atoms with Gasteiger partial charge in [0, 0.05) is 26.2 Å². The zero-order valence-electron chi connectivity index (χ0n) is 16.7. The Morgan fingerprint density at radius 3 is 2.58 bits per heavy atom. The zero-order chi connectivity index (χ0) is 21.5. The summed E-state index contributed by atoms with van der Waals surface area (Å²) >= 11 is 1.36. The van der Waals surface area contributed by atoms with Crippen LogP contribution in [0.5, 0.6) is 5.88 Å². The second kappa shape index (κ2) is 7.78. The van der Waals surface area contributed by atoms with Crippen LogP contribution in [0.3, 0.4) is 0 Å². The van der Waals surface area contributed by atoms with Crippen molar-refractivity contribution in [3.63, 3.8) is 0 Å². The van der Waals surface area contributed by atoms with Gasteiger partial charge in [0.2, 0.25) is 10.8 Å². The summed E-state index contributed by atoms with van der Waals surface area (Å²) in [5.41, 5.74) is 0.851. The Labute approximate surface area is 181 Å². The largest absolute Gasteiger partial charge is 0.492 e. The van der Waals surface area contributed by atoms with Crippen LogP contribution in [0, 0.1) is 12.7 Å². The van der Waals surface area contributed by atoms with Crippen LogP contribution in [0.4, 0.5) is 4.39 Å². The topological polar surface area (TPSA) is 87.1 Å². The number of benzene rings is 1. The molecule has 160 valence electrons. The highest BCUT2D eigenvalue weighted by Gasteiger charge is 2.33. The predicted molar refractivity (Wildman–Crippen MR) is 112 cm³/mol. The third kappa shape index (κ3) is 3.57. The number of carbonyl (C=O) groups excluding carboxylic acids is 1. The lowest BCUT2D eigenvalue weighted by atomic mass is 10.0. The maximum atomic E-state index is 13.6. The number of piperazine rings is 1. The van der Waals surface area contributed by atoms with Gasteiger partial charge in [-0.15, -0.1) is 5.10 Å². The Morgan fingerprint density at radius 2 is 1.94 bits per heavy atom. The minimum absolute atomic E-state index is 0.0315. The molecule has 0 radical (unpaired) electrons. The molecule has 5 rings (SSSR count). The first-order valence-corrected chi connectivity index (χ1v) is 10.7. The van der Waals surface area contributed by atoms with E-state index in [0.29, 0.717) is 47.6 Å². The number of furan rings is 1. The number of hydrogen-bond acceptors (Lipinski definition) is 7. The second-order valence-corrected chi connectivity index (χ2v) is 8.41. The van der Waals surface area contributed by atoms with Crippen molar-refractivity contribution in [1.82, 2.24) is 24.4 Å². The van der Waals surface area contributed by atoms with E-state index in [2.05, 4.69) is 15.0 Å². The van der Waals surface area contributed by atoms with Crippen molar-refractivity contribution in [3.05, 3.63) is 70.5 Å². The van der Waals surface area contributed by atoms with Gasteiger partial charge in [0.1, 0.15) is 11.6 Å². The fraction of sp³-hybridized carbons (Fsp3) is 0.286. The molecule has 0 saturated carbocycles. The molecule has 31 heavy (non-hydrogen) atoms. The Morgan fingerprint density at radius 1 is 1.19 bits per heavy atom. The van der Waals surface area contributed by atoms with Crippen LogP contribution >= 0.6 is 11.3 Å². The van der Waals surface area contributed by atoms with Crippen LogP contribution in [0.15, 0.2) is 47.1 Å². The standard InChI is InChI=1S/C21H20FN5O3S/c1-13-23-21-27(24-13)20(29)18(31-21)17(14-4-6-15(22)7-5-14)25-8-10-26(11-9-25)19(28)16-3-2-12-30-16/h2-7,12,17,29H,8-11H2,1H3/t17-/m1/s1. The molecule has 8 nitrogen and oxygen atoms in total. The number of hydrogen-bond donors (Lipinski definition) is 1. The molecule has 0 unspecified atom stereocenters. The average Bonchev–Trinajstić information content (AvgIpc) is 3.49. The first kappa shape index (κ1) is 19.7. The highest BCUT2D eigenvalue weighted by molar-refractivity contribution is 7.17. The van der Waals surface area contributed by atoms with Gasteiger partial charge in [0.05, 0.1) is 17.2 Å². The maximum Gasteiger partial charge on any atom is 0.289 e. The lowest BCUT2D eigenvalue weighted by molar-refractivity contribution is 0.0568. The number of halogens is 1. The molecule has 0 aliphatic carbocycles. The number of nitrogens with zero attached hydrogens (tertiary/aromatic N) is 5. The summed E-state index contributed by atoms with van der Waals surface area (Å²) in [5.74, 6) is 0.474. The first-order valence-electron chi connectivity index (χ1n) is 9.88. The molecule has 10 heteroatoms. The number of aromatic nitrogens is 3. The Balaban J connectivity index is 1.45. The molecule has 3 aromatic heterocycles. The maximum absolute atomic E-state index is 13.6. The minimum atomic E-state index is -0.321. The van der Waals surface area contributed by atoms with E-state index >= 15 is 0 Å². The summed E-state index contributed by atoms with van der Waals surface area (Å²) in [6.07, 6.45) is 1.49. The fourth-order valence-electron chi connectivity index (χ4n) is 3.94. The molecular weight excluding hydrogens is 421 g/mol. The van der Waals surface area contributed by atoms with Crippen molar-refractivity contribution in [1.29, 1.82) is 0 Å². The SMILES string of the molecule is Cc1nc2sc([C@@H](c3ccc(F)cc3)N3CCN(C(=O)c4ccco4)CC3)c(O)n2n1. The Bertz CT molecular complexity index is 1210. The molecule has 1 N–H and O–H groups in total. The monoisotopic (exact) mass is 441 g/mol. The minimum Gasteiger partial charge on any atom is -0.492 e. The van der Waals surface area contributed by atoms with Crippen LogP contribution in [0.2, 0.25) is 0 Å². The zero-order valence-corrected chi connectivity index (χ0v) is 17.5. The van der Waals surface area contributed by atoms with Crippen molar-refractivity contribution in [2.24, 2.45) is 0 Å². The summed E-state index contributed by atoms with van der Waals surface area (Å²) in [4.78, 5) is 22.2. The highest BCUT2D eigenvalue weighted by atomic mass is 32.1. The van der Waals surface area contributed by atoms with E-state index in [9.17, 15) is 14.3 Å². The van der Waals surface area contributed by atoms with Gasteiger partial charge >= 0.3 is 0 Å². The Hall–Kier alpha value is -3.24. The fourth-order valence-corrected chi connectivity index (χ4v) is 5.10. The second-order valence-electron chi connectivity index (χ2n) is 7.40. The van der Waals surface area contributed by atoms with Crippen LogP contribution in [-0.4, -0.2) is 61.6 Å². The number of carbonyl (C=O) groups is 1. The third-order valence-corrected chi connectivity index (χ3v) is 6.51. The van der Waals surface area contributed by atoms with E-state index in [4.69, 9.17) is 4.42 Å². The molecule has 4 heterocycles. The molecule has 0 bridgehead atoms. The Kier molecular flexibility index (Phi) is 4.95. The molecule has 1 saturated heterocycles. The van der Waals surface area contributed by atoms with Gasteiger partial charge in [-0.2, -0.15) is 4.52 Å². The summed E-state index contributed by atoms with van der Waals surface area (Å²) in [5, 5.41) is 15.1. The lowest BCUT2D eigenvalue weighted by Crippen LogP contribution is -2.49. The van der Waals surface area contributed by atoms with Crippen molar-refractivity contribution in [2.75, 3.05) is 26.2 Å². The predicted octanol–water partition coefficient (Wildman–Crippen LogP) is 3.08.